The van der Waals surface area contributed by atoms with Crippen LogP contribution in [0.15, 0.2) is 180 Å². The van der Waals surface area contributed by atoms with Crippen LogP contribution >= 0.6 is 14.3 Å². The Morgan fingerprint density at radius 1 is 0.486 bits per heavy atom. The molecular formula is C72H89N9O24P2. The number of hydrogen-bond donors (Lipinski definition) is 9. The van der Waals surface area contributed by atoms with Gasteiger partial charge in [-0.2, -0.15) is 0 Å². The lowest BCUT2D eigenvalue weighted by Gasteiger charge is -2.42. The molecule has 20 atom stereocenters. The Labute approximate surface area is 616 Å². The number of aliphatic hydroxyl groups is 7. The highest BCUT2D eigenvalue weighted by Gasteiger charge is 2.49. The molecule has 33 nitrogen and oxygen atoms in total. The standard InChI is InChI=1S/C29H32NO6P.C26H28NO7P.C10H16N4O6.C7H13N3O5/c1-19-20(2)27(29(33)36-25(19)18-35-21(3)31)30-28(32)24-16-10-11-17-26(24)37(34,22-12-6-4-7-13-22)23-14-8-5-9-15-23;1-33-26-22(24(30)23(29)20(16-28)34-26)27-25(31)19-14-8-9-15-21(19)35(32,17-10-4-2-5-11-17)18-12-6-3-7-13-18;1-5-6(2)9(12-13-11)10(20-14(16)17)19-8(5)4-18-7(3)15;1-14-7-4(9-10-8)6(13)5(12)3(2-11)15-7/h4-17,19-20,25,27,29,33H,18H2,1-3H3,(H,30,32);2-15,20,22-24,26,28-30H,16H2,1H3,(H,27,31);5-6,8-10H,4H2,1-3H3;3-7,11-13H,2H2,1H3/t19-,20?,25?,27-,29?;20?,22-,23-,24?,26?;5-,6?,8?,9-,10?;3?,4-,5-,6?,7?/m0000/s1. The van der Waals surface area contributed by atoms with Crippen LogP contribution in [-0.2, 0) is 61.5 Å². The van der Waals surface area contributed by atoms with E-state index in [-0.39, 0.29) is 48.0 Å². The van der Waals surface area contributed by atoms with Crippen molar-refractivity contribution in [3.05, 3.63) is 212 Å². The molecule has 9 N–H and O–H groups in total. The van der Waals surface area contributed by atoms with Crippen molar-refractivity contribution in [1.29, 1.82) is 0 Å². The number of carbonyl (C=O) groups excluding carboxylic acids is 4. The summed E-state index contributed by atoms with van der Waals surface area (Å²) in [6.45, 7) is 9.00. The first-order valence-electron chi connectivity index (χ1n) is 33.9. The molecule has 4 aliphatic heterocycles. The zero-order valence-corrected chi connectivity index (χ0v) is 61.4. The van der Waals surface area contributed by atoms with Gasteiger partial charge in [0.1, 0.15) is 55.8 Å². The third kappa shape index (κ3) is 20.8. The Morgan fingerprint density at radius 2 is 0.841 bits per heavy atom. The van der Waals surface area contributed by atoms with Crippen molar-refractivity contribution in [3.63, 3.8) is 0 Å². The summed E-state index contributed by atoms with van der Waals surface area (Å²) in [7, 11) is -4.21. The van der Waals surface area contributed by atoms with Gasteiger partial charge in [0.15, 0.2) is 33.2 Å². The van der Waals surface area contributed by atoms with Gasteiger partial charge in [0.25, 0.3) is 16.9 Å². The van der Waals surface area contributed by atoms with E-state index in [1.165, 1.54) is 28.1 Å². The van der Waals surface area contributed by atoms with E-state index in [2.05, 4.69) is 35.5 Å². The Morgan fingerprint density at radius 3 is 1.23 bits per heavy atom. The van der Waals surface area contributed by atoms with Crippen LogP contribution in [0.3, 0.4) is 0 Å². The van der Waals surface area contributed by atoms with Gasteiger partial charge in [0, 0.05) is 69.7 Å². The van der Waals surface area contributed by atoms with Crippen LogP contribution in [0.5, 0.6) is 0 Å². The van der Waals surface area contributed by atoms with Gasteiger partial charge < -0.3 is 93.4 Å². The predicted octanol–water partition coefficient (Wildman–Crippen LogP) is 3.67. The fourth-order valence-corrected chi connectivity index (χ4v) is 18.3. The summed E-state index contributed by atoms with van der Waals surface area (Å²) in [6, 6.07) is 46.0. The molecular weight excluding hydrogens is 1440 g/mol. The van der Waals surface area contributed by atoms with Crippen LogP contribution in [0.1, 0.15) is 62.3 Å². The fraction of sp³-hybridized carbons (Fsp3) is 0.444. The molecule has 4 aliphatic rings. The molecule has 6 aromatic rings. The van der Waals surface area contributed by atoms with E-state index in [1.54, 1.807) is 104 Å². The number of amides is 2. The van der Waals surface area contributed by atoms with Gasteiger partial charge in [-0.3, -0.25) is 24.0 Å². The average molecular weight is 1530 g/mol. The molecule has 107 heavy (non-hydrogen) atoms. The third-order valence-corrected chi connectivity index (χ3v) is 25.1. The highest BCUT2D eigenvalue weighted by atomic mass is 31.2. The monoisotopic (exact) mass is 1530 g/mol. The zero-order valence-electron chi connectivity index (χ0n) is 59.6. The summed E-state index contributed by atoms with van der Waals surface area (Å²) < 4.78 is 71.4. The molecule has 4 fully saturated rings. The molecule has 35 heteroatoms. The van der Waals surface area contributed by atoms with Gasteiger partial charge in [-0.15, -0.1) is 10.1 Å². The second-order valence-corrected chi connectivity index (χ2v) is 30.8. The van der Waals surface area contributed by atoms with E-state index in [0.29, 0.717) is 31.8 Å². The number of esters is 2. The molecule has 2 amide bonds. The zero-order chi connectivity index (χ0) is 78.3. The molecule has 12 unspecified atom stereocenters. The maximum absolute atomic E-state index is 14.9. The second-order valence-electron chi connectivity index (χ2n) is 25.3. The van der Waals surface area contributed by atoms with E-state index in [9.17, 15) is 69.1 Å². The van der Waals surface area contributed by atoms with E-state index in [0.717, 1.165) is 0 Å². The molecule has 576 valence electrons. The molecule has 0 spiro atoms. The summed E-state index contributed by atoms with van der Waals surface area (Å²) in [6.07, 6.45) is -13.3. The third-order valence-electron chi connectivity index (χ3n) is 18.9. The Balaban J connectivity index is 0.000000211. The number of benzene rings is 6. The van der Waals surface area contributed by atoms with E-state index in [4.69, 9.17) is 54.1 Å². The van der Waals surface area contributed by atoms with Crippen LogP contribution in [0, 0.1) is 33.8 Å². The quantitative estimate of drug-likeness (QED) is 0.00890. The van der Waals surface area contributed by atoms with E-state index < -0.39 is 154 Å². The molecule has 4 heterocycles. The number of methoxy groups -OCH3 is 2. The maximum Gasteiger partial charge on any atom is 0.302 e. The minimum atomic E-state index is -3.45. The number of carbonyl (C=O) groups is 4. The molecule has 10 rings (SSSR count). The Kier molecular flexibility index (Phi) is 32.0. The number of hydrogen-bond acceptors (Lipinski definition) is 26. The Hall–Kier alpha value is -9.04. The SMILES string of the molecule is CC(=O)OCC1OC(O)[C@@H](NC(=O)c2ccccc2P(=O)(c2ccccc2)c2ccccc2)C(C)[C@@H]1C.CC(=O)OCC1OC(O[N+](=O)[O-])[C@@H](N=[N+]=[N-])C(C)[C@@H]1C.COC1OC(CO)[C@H](O)C(O)[C@@H]1N=[N+]=[N-].COC1OC(CO)[C@H](O)C(O)[C@@H]1NC(=O)c1ccccc1P(=O)(c1ccccc1)c1ccccc1. The molecule has 0 bridgehead atoms. The minimum Gasteiger partial charge on any atom is -0.463 e. The van der Waals surface area contributed by atoms with E-state index in [1.807, 2.05) is 93.6 Å². The fourth-order valence-electron chi connectivity index (χ4n) is 12.6. The molecule has 6 aromatic carbocycles. The van der Waals surface area contributed by atoms with Crippen LogP contribution in [0.4, 0.5) is 0 Å². The molecule has 4 saturated heterocycles. The van der Waals surface area contributed by atoms with Gasteiger partial charge in [-0.05, 0) is 46.9 Å². The van der Waals surface area contributed by atoms with Crippen molar-refractivity contribution in [3.8, 4) is 0 Å². The summed E-state index contributed by atoms with van der Waals surface area (Å²) in [5, 5.41) is 94.0. The van der Waals surface area contributed by atoms with E-state index >= 15 is 0 Å². The Bertz CT molecular complexity index is 4010. The van der Waals surface area contributed by atoms with Gasteiger partial charge >= 0.3 is 11.9 Å². The van der Waals surface area contributed by atoms with Crippen LogP contribution in [0.2, 0.25) is 0 Å². The van der Waals surface area contributed by atoms with Gasteiger partial charge in [0.05, 0.1) is 54.7 Å². The van der Waals surface area contributed by atoms with Crippen molar-refractivity contribution >= 4 is 69.9 Å². The van der Waals surface area contributed by atoms with Crippen molar-refractivity contribution in [2.24, 2.45) is 33.9 Å². The predicted molar refractivity (Wildman–Crippen MR) is 387 cm³/mol. The van der Waals surface area contributed by atoms with Crippen LogP contribution in [0.25, 0.3) is 20.9 Å². The lowest BCUT2D eigenvalue weighted by Crippen LogP contribution is -2.64. The van der Waals surface area contributed by atoms with Gasteiger partial charge in [0.2, 0.25) is 6.29 Å². The summed E-state index contributed by atoms with van der Waals surface area (Å²) in [5.41, 5.74) is 17.2. The lowest BCUT2D eigenvalue weighted by molar-refractivity contribution is -0.783. The largest absolute Gasteiger partial charge is 0.463 e. The smallest absolute Gasteiger partial charge is 0.302 e. The number of nitrogens with zero attached hydrogens (tertiary/aromatic N) is 7. The van der Waals surface area contributed by atoms with Crippen molar-refractivity contribution in [2.45, 2.75) is 140 Å². The first-order chi connectivity index (χ1) is 51.2. The number of ether oxygens (including phenoxy) is 8. The molecule has 0 radical (unpaired) electrons. The molecule has 0 aromatic heterocycles. The average Bonchev–Trinajstić information content (AvgIpc) is 0.750. The lowest BCUT2D eigenvalue weighted by atomic mass is 9.82. The molecule has 0 saturated carbocycles. The number of nitrogens with one attached hydrogen (secondary N) is 2. The number of aliphatic hydroxyl groups excluding tert-OH is 7. The van der Waals surface area contributed by atoms with Gasteiger partial charge in [-0.25, -0.2) is 0 Å². The van der Waals surface area contributed by atoms with Crippen molar-refractivity contribution in [1.82, 2.24) is 10.6 Å². The first kappa shape index (κ1) is 85.2. The maximum atomic E-state index is 14.9. The second kappa shape index (κ2) is 40.2. The van der Waals surface area contributed by atoms with Crippen molar-refractivity contribution in [2.75, 3.05) is 40.6 Å². The molecule has 0 aliphatic carbocycles. The van der Waals surface area contributed by atoms with Crippen LogP contribution < -0.4 is 42.5 Å². The number of rotatable bonds is 22. The van der Waals surface area contributed by atoms with Crippen molar-refractivity contribution < 1.29 is 112 Å². The van der Waals surface area contributed by atoms with Crippen LogP contribution in [-0.4, -0.2) is 203 Å². The topological polar surface area (TPSA) is 492 Å². The summed E-state index contributed by atoms with van der Waals surface area (Å²) >= 11 is 0. The normalized spacial score (nSPS) is 28.1. The highest BCUT2D eigenvalue weighted by molar-refractivity contribution is 7.86. The minimum absolute atomic E-state index is 0.0265. The summed E-state index contributed by atoms with van der Waals surface area (Å²) in [5.74, 6) is -2.62. The summed E-state index contributed by atoms with van der Waals surface area (Å²) in [4.78, 5) is 69.3. The first-order valence-corrected chi connectivity index (χ1v) is 37.3. The number of azide groups is 2. The highest BCUT2D eigenvalue weighted by Crippen LogP contribution is 2.45. The van der Waals surface area contributed by atoms with Gasteiger partial charge in [-0.1, -0.05) is 196 Å².